The number of carbonyl (C=O) groups excluding carboxylic acids is 1. The Labute approximate surface area is 125 Å². The van der Waals surface area contributed by atoms with Crippen molar-refractivity contribution >= 4 is 34.0 Å². The van der Waals surface area contributed by atoms with Crippen LogP contribution in [0.25, 0.3) is 0 Å². The Bertz CT molecular complexity index is 575. The Morgan fingerprint density at radius 2 is 2.35 bits per heavy atom. The lowest BCUT2D eigenvalue weighted by atomic mass is 10.2. The molecule has 1 N–H and O–H groups in total. The number of nitrogens with one attached hydrogen (secondary N) is 1. The van der Waals surface area contributed by atoms with Gasteiger partial charge in [-0.1, -0.05) is 22.9 Å². The lowest BCUT2D eigenvalue weighted by Gasteiger charge is -2.07. The van der Waals surface area contributed by atoms with E-state index in [0.29, 0.717) is 29.6 Å². The summed E-state index contributed by atoms with van der Waals surface area (Å²) in [5.41, 5.74) is 2.54. The van der Waals surface area contributed by atoms with Crippen molar-refractivity contribution in [2.45, 2.75) is 19.8 Å². The van der Waals surface area contributed by atoms with Crippen LogP contribution in [0.2, 0.25) is 5.02 Å². The molecule has 0 atom stereocenters. The highest BCUT2D eigenvalue weighted by atomic mass is 35.5. The van der Waals surface area contributed by atoms with Gasteiger partial charge in [0.15, 0.2) is 0 Å². The molecule has 0 aliphatic heterocycles. The van der Waals surface area contributed by atoms with Gasteiger partial charge in [0.05, 0.1) is 6.61 Å². The smallest absolute Gasteiger partial charge is 0.226 e. The van der Waals surface area contributed by atoms with Crippen LogP contribution in [0.3, 0.4) is 0 Å². The maximum atomic E-state index is 11.6. The molecule has 0 fully saturated rings. The van der Waals surface area contributed by atoms with Crippen LogP contribution in [0.4, 0.5) is 5.13 Å². The predicted octanol–water partition coefficient (Wildman–Crippen LogP) is 3.30. The third-order valence-corrected chi connectivity index (χ3v) is 3.58. The summed E-state index contributed by atoms with van der Waals surface area (Å²) in [6, 6.07) is 5.49. The molecule has 1 aromatic heterocycles. The van der Waals surface area contributed by atoms with Crippen molar-refractivity contribution in [3.8, 4) is 5.75 Å². The number of benzene rings is 1. The molecular weight excluding hydrogens is 298 g/mol. The molecule has 1 aromatic carbocycles. The van der Waals surface area contributed by atoms with E-state index in [4.69, 9.17) is 16.3 Å². The van der Waals surface area contributed by atoms with Gasteiger partial charge in [-0.15, -0.1) is 10.2 Å². The molecule has 0 bridgehead atoms. The zero-order valence-corrected chi connectivity index (χ0v) is 12.5. The van der Waals surface area contributed by atoms with E-state index in [1.54, 1.807) is 11.6 Å². The summed E-state index contributed by atoms with van der Waals surface area (Å²) in [7, 11) is 0. The molecule has 0 aliphatic carbocycles. The van der Waals surface area contributed by atoms with E-state index in [1.807, 2.05) is 19.1 Å². The standard InChI is InChI=1S/C13H14ClN3O2S/c1-9-7-10(4-5-11(9)14)19-6-2-3-12(18)16-13-17-15-8-20-13/h4-5,7-8H,2-3,6H2,1H3,(H,16,17,18). The van der Waals surface area contributed by atoms with Gasteiger partial charge in [0.25, 0.3) is 0 Å². The number of anilines is 1. The van der Waals surface area contributed by atoms with Crippen LogP contribution < -0.4 is 10.1 Å². The second-order valence-corrected chi connectivity index (χ2v) is 5.40. The first-order valence-electron chi connectivity index (χ1n) is 6.10. The maximum Gasteiger partial charge on any atom is 0.226 e. The van der Waals surface area contributed by atoms with Crippen LogP contribution in [0.15, 0.2) is 23.7 Å². The quantitative estimate of drug-likeness (QED) is 0.831. The molecule has 2 rings (SSSR count). The van der Waals surface area contributed by atoms with Gasteiger partial charge in [-0.05, 0) is 37.1 Å². The van der Waals surface area contributed by atoms with E-state index in [9.17, 15) is 4.79 Å². The summed E-state index contributed by atoms with van der Waals surface area (Å²) < 4.78 is 5.56. The number of amides is 1. The Kier molecular flexibility index (Phi) is 5.31. The zero-order valence-electron chi connectivity index (χ0n) is 10.9. The van der Waals surface area contributed by atoms with Gasteiger partial charge in [-0.25, -0.2) is 0 Å². The summed E-state index contributed by atoms with van der Waals surface area (Å²) in [6.45, 7) is 2.40. The lowest BCUT2D eigenvalue weighted by molar-refractivity contribution is -0.116. The van der Waals surface area contributed by atoms with E-state index >= 15 is 0 Å². The topological polar surface area (TPSA) is 64.1 Å². The van der Waals surface area contributed by atoms with Crippen LogP contribution in [0.1, 0.15) is 18.4 Å². The van der Waals surface area contributed by atoms with Crippen LogP contribution >= 0.6 is 22.9 Å². The second kappa shape index (κ2) is 7.21. The first-order valence-corrected chi connectivity index (χ1v) is 7.36. The van der Waals surface area contributed by atoms with Gasteiger partial charge in [0, 0.05) is 11.4 Å². The zero-order chi connectivity index (χ0) is 14.4. The van der Waals surface area contributed by atoms with Gasteiger partial charge >= 0.3 is 0 Å². The fourth-order valence-electron chi connectivity index (χ4n) is 1.54. The first kappa shape index (κ1) is 14.7. The molecule has 7 heteroatoms. The summed E-state index contributed by atoms with van der Waals surface area (Å²) in [5, 5.41) is 11.3. The molecule has 0 saturated carbocycles. The van der Waals surface area contributed by atoms with Crippen LogP contribution in [0.5, 0.6) is 5.75 Å². The number of aryl methyl sites for hydroxylation is 1. The predicted molar refractivity (Wildman–Crippen MR) is 79.5 cm³/mol. The molecular formula is C13H14ClN3O2S. The number of aromatic nitrogens is 2. The monoisotopic (exact) mass is 311 g/mol. The number of hydrogen-bond donors (Lipinski definition) is 1. The molecule has 0 aliphatic rings. The number of halogens is 1. The molecule has 1 amide bonds. The van der Waals surface area contributed by atoms with Gasteiger partial charge in [-0.2, -0.15) is 0 Å². The van der Waals surface area contributed by atoms with Crippen molar-refractivity contribution in [2.24, 2.45) is 0 Å². The molecule has 0 unspecified atom stereocenters. The van der Waals surface area contributed by atoms with E-state index in [2.05, 4.69) is 15.5 Å². The van der Waals surface area contributed by atoms with Gasteiger partial charge in [-0.3, -0.25) is 4.79 Å². The van der Waals surface area contributed by atoms with Crippen molar-refractivity contribution < 1.29 is 9.53 Å². The number of rotatable bonds is 6. The Morgan fingerprint density at radius 1 is 1.50 bits per heavy atom. The molecule has 2 aromatic rings. The normalized spacial score (nSPS) is 10.3. The van der Waals surface area contributed by atoms with Crippen molar-refractivity contribution in [3.05, 3.63) is 34.3 Å². The largest absolute Gasteiger partial charge is 0.494 e. The summed E-state index contributed by atoms with van der Waals surface area (Å²) >= 11 is 7.23. The first-order chi connectivity index (χ1) is 9.65. The molecule has 20 heavy (non-hydrogen) atoms. The summed E-state index contributed by atoms with van der Waals surface area (Å²) in [5.74, 6) is 0.675. The lowest BCUT2D eigenvalue weighted by Crippen LogP contribution is -2.12. The number of nitrogens with zero attached hydrogens (tertiary/aromatic N) is 2. The fraction of sp³-hybridized carbons (Fsp3) is 0.308. The molecule has 0 radical (unpaired) electrons. The maximum absolute atomic E-state index is 11.6. The minimum Gasteiger partial charge on any atom is -0.494 e. The van der Waals surface area contributed by atoms with E-state index in [-0.39, 0.29) is 5.91 Å². The summed E-state index contributed by atoms with van der Waals surface area (Å²) in [4.78, 5) is 11.6. The minimum absolute atomic E-state index is 0.0855. The Hall–Kier alpha value is -1.66. The highest BCUT2D eigenvalue weighted by Crippen LogP contribution is 2.21. The summed E-state index contributed by atoms with van der Waals surface area (Å²) in [6.07, 6.45) is 1.01. The SMILES string of the molecule is Cc1cc(OCCCC(=O)Nc2nncs2)ccc1Cl. The van der Waals surface area contributed by atoms with Crippen LogP contribution in [-0.2, 0) is 4.79 Å². The number of hydrogen-bond acceptors (Lipinski definition) is 5. The van der Waals surface area contributed by atoms with Crippen molar-refractivity contribution in [1.82, 2.24) is 10.2 Å². The highest BCUT2D eigenvalue weighted by Gasteiger charge is 2.05. The minimum atomic E-state index is -0.0855. The fourth-order valence-corrected chi connectivity index (χ4v) is 2.12. The Balaban J connectivity index is 1.68. The highest BCUT2D eigenvalue weighted by molar-refractivity contribution is 7.13. The Morgan fingerprint density at radius 3 is 3.05 bits per heavy atom. The molecule has 5 nitrogen and oxygen atoms in total. The van der Waals surface area contributed by atoms with Gasteiger partial charge < -0.3 is 10.1 Å². The van der Waals surface area contributed by atoms with Gasteiger partial charge in [0.1, 0.15) is 11.3 Å². The van der Waals surface area contributed by atoms with Crippen molar-refractivity contribution in [2.75, 3.05) is 11.9 Å². The average Bonchev–Trinajstić information content (AvgIpc) is 2.91. The van der Waals surface area contributed by atoms with E-state index in [1.165, 1.54) is 11.3 Å². The van der Waals surface area contributed by atoms with E-state index in [0.717, 1.165) is 11.3 Å². The molecule has 0 saturated heterocycles. The third-order valence-electron chi connectivity index (χ3n) is 2.55. The van der Waals surface area contributed by atoms with Crippen molar-refractivity contribution in [1.29, 1.82) is 0 Å². The number of ether oxygens (including phenoxy) is 1. The van der Waals surface area contributed by atoms with Gasteiger partial charge in [0.2, 0.25) is 11.0 Å². The van der Waals surface area contributed by atoms with E-state index < -0.39 is 0 Å². The molecule has 106 valence electrons. The number of carbonyl (C=O) groups is 1. The third kappa shape index (κ3) is 4.47. The van der Waals surface area contributed by atoms with Crippen LogP contribution in [0, 0.1) is 6.92 Å². The molecule has 1 heterocycles. The van der Waals surface area contributed by atoms with Crippen molar-refractivity contribution in [3.63, 3.8) is 0 Å². The van der Waals surface area contributed by atoms with Crippen LogP contribution in [-0.4, -0.2) is 22.7 Å². The second-order valence-electron chi connectivity index (χ2n) is 4.16. The molecule has 0 spiro atoms. The average molecular weight is 312 g/mol.